The van der Waals surface area contributed by atoms with Crippen LogP contribution in [0, 0.1) is 11.3 Å². The van der Waals surface area contributed by atoms with Crippen molar-refractivity contribution < 1.29 is 4.74 Å². The summed E-state index contributed by atoms with van der Waals surface area (Å²) >= 11 is 1.77. The Morgan fingerprint density at radius 2 is 2.15 bits per heavy atom. The third-order valence-corrected chi connectivity index (χ3v) is 4.08. The van der Waals surface area contributed by atoms with E-state index in [1.807, 2.05) is 30.3 Å². The average molecular weight is 286 g/mol. The number of hydrogen-bond donors (Lipinski definition) is 1. The van der Waals surface area contributed by atoms with Gasteiger partial charge in [0.1, 0.15) is 11.8 Å². The second-order valence-corrected chi connectivity index (χ2v) is 5.39. The Hall–Kier alpha value is -1.83. The van der Waals surface area contributed by atoms with Crippen molar-refractivity contribution in [3.8, 4) is 11.8 Å². The summed E-state index contributed by atoms with van der Waals surface area (Å²) < 4.78 is 5.44. The molecule has 1 atom stereocenters. The topological polar surface area (TPSA) is 45.0 Å². The van der Waals surface area contributed by atoms with Crippen LogP contribution in [0.15, 0.2) is 41.8 Å². The van der Waals surface area contributed by atoms with Gasteiger partial charge < -0.3 is 10.1 Å². The highest BCUT2D eigenvalue weighted by Crippen LogP contribution is 2.24. The minimum atomic E-state index is 0.0825. The zero-order chi connectivity index (χ0) is 14.2. The molecule has 0 aliphatic heterocycles. The molecule has 0 spiro atoms. The van der Waals surface area contributed by atoms with E-state index in [-0.39, 0.29) is 6.61 Å². The standard InChI is InChI=1S/C16H18N2OS/c1-2-14(16-8-5-11-20-16)18-12-13-6-3-4-7-15(13)19-10-9-17/h3-8,11,14,18H,2,10,12H2,1H3. The molecule has 2 aromatic rings. The van der Waals surface area contributed by atoms with E-state index in [0.29, 0.717) is 6.04 Å². The highest BCUT2D eigenvalue weighted by molar-refractivity contribution is 7.10. The number of ether oxygens (including phenoxy) is 1. The van der Waals surface area contributed by atoms with Crippen molar-refractivity contribution in [1.82, 2.24) is 5.32 Å². The van der Waals surface area contributed by atoms with Crippen molar-refractivity contribution in [2.75, 3.05) is 6.61 Å². The van der Waals surface area contributed by atoms with Gasteiger partial charge in [0, 0.05) is 23.0 Å². The highest BCUT2D eigenvalue weighted by Gasteiger charge is 2.11. The predicted molar refractivity (Wildman–Crippen MR) is 81.7 cm³/mol. The van der Waals surface area contributed by atoms with Gasteiger partial charge in [-0.05, 0) is 23.9 Å². The third-order valence-electron chi connectivity index (χ3n) is 3.10. The van der Waals surface area contributed by atoms with Crippen LogP contribution in [0.3, 0.4) is 0 Å². The van der Waals surface area contributed by atoms with Crippen molar-refractivity contribution in [2.45, 2.75) is 25.9 Å². The molecule has 0 aliphatic carbocycles. The molecular weight excluding hydrogens is 268 g/mol. The first-order valence-electron chi connectivity index (χ1n) is 6.69. The normalized spacial score (nSPS) is 11.8. The monoisotopic (exact) mass is 286 g/mol. The van der Waals surface area contributed by atoms with Gasteiger partial charge in [-0.2, -0.15) is 5.26 Å². The molecule has 1 aromatic carbocycles. The number of rotatable bonds is 7. The predicted octanol–water partition coefficient (Wildman–Crippen LogP) is 3.89. The molecule has 0 aliphatic rings. The van der Waals surface area contributed by atoms with E-state index in [1.54, 1.807) is 11.3 Å². The molecule has 1 N–H and O–H groups in total. The van der Waals surface area contributed by atoms with Crippen LogP contribution >= 0.6 is 11.3 Å². The molecule has 0 radical (unpaired) electrons. The van der Waals surface area contributed by atoms with Crippen molar-refractivity contribution in [1.29, 1.82) is 5.26 Å². The summed E-state index contributed by atoms with van der Waals surface area (Å²) in [5.41, 5.74) is 1.08. The highest BCUT2D eigenvalue weighted by atomic mass is 32.1. The zero-order valence-corrected chi connectivity index (χ0v) is 12.3. The molecule has 3 nitrogen and oxygen atoms in total. The number of benzene rings is 1. The average Bonchev–Trinajstić information content (AvgIpc) is 3.01. The Morgan fingerprint density at radius 3 is 2.85 bits per heavy atom. The fourth-order valence-electron chi connectivity index (χ4n) is 2.07. The summed E-state index contributed by atoms with van der Waals surface area (Å²) in [6.45, 7) is 2.99. The molecule has 104 valence electrons. The van der Waals surface area contributed by atoms with Crippen molar-refractivity contribution in [3.63, 3.8) is 0 Å². The van der Waals surface area contributed by atoms with E-state index in [2.05, 4.69) is 29.8 Å². The first-order chi connectivity index (χ1) is 9.85. The minimum absolute atomic E-state index is 0.0825. The molecule has 1 heterocycles. The van der Waals surface area contributed by atoms with Crippen molar-refractivity contribution in [3.05, 3.63) is 52.2 Å². The molecule has 20 heavy (non-hydrogen) atoms. The van der Waals surface area contributed by atoms with Gasteiger partial charge in [-0.1, -0.05) is 31.2 Å². The van der Waals surface area contributed by atoms with Gasteiger partial charge in [-0.3, -0.25) is 0 Å². The van der Waals surface area contributed by atoms with Crippen LogP contribution in [0.5, 0.6) is 5.75 Å². The number of nitrogens with one attached hydrogen (secondary N) is 1. The zero-order valence-electron chi connectivity index (χ0n) is 11.5. The SMILES string of the molecule is CCC(NCc1ccccc1OCC#N)c1cccs1. The van der Waals surface area contributed by atoms with Gasteiger partial charge in [0.05, 0.1) is 0 Å². The summed E-state index contributed by atoms with van der Waals surface area (Å²) in [6, 6.07) is 14.4. The molecule has 4 heteroatoms. The Labute approximate surface area is 123 Å². The Bertz CT molecular complexity index is 560. The van der Waals surface area contributed by atoms with Crippen LogP contribution in [0.2, 0.25) is 0 Å². The summed E-state index contributed by atoms with van der Waals surface area (Å²) in [4.78, 5) is 1.35. The van der Waals surface area contributed by atoms with E-state index in [1.165, 1.54) is 4.88 Å². The molecule has 1 aromatic heterocycles. The lowest BCUT2D eigenvalue weighted by atomic mass is 10.1. The second-order valence-electron chi connectivity index (χ2n) is 4.41. The van der Waals surface area contributed by atoms with Gasteiger partial charge in [0.25, 0.3) is 0 Å². The lowest BCUT2D eigenvalue weighted by molar-refractivity contribution is 0.361. The number of nitriles is 1. The van der Waals surface area contributed by atoms with E-state index in [0.717, 1.165) is 24.3 Å². The number of nitrogens with zero attached hydrogens (tertiary/aromatic N) is 1. The van der Waals surface area contributed by atoms with Gasteiger partial charge in [-0.25, -0.2) is 0 Å². The van der Waals surface area contributed by atoms with Crippen LogP contribution in [0.4, 0.5) is 0 Å². The fourth-order valence-corrected chi connectivity index (χ4v) is 2.96. The Balaban J connectivity index is 2.01. The summed E-state index contributed by atoms with van der Waals surface area (Å²) in [5.74, 6) is 0.780. The van der Waals surface area contributed by atoms with Gasteiger partial charge in [0.15, 0.2) is 6.61 Å². The first kappa shape index (κ1) is 14.6. The van der Waals surface area contributed by atoms with Gasteiger partial charge in [0.2, 0.25) is 0 Å². The molecule has 2 rings (SSSR count). The molecule has 0 saturated carbocycles. The van der Waals surface area contributed by atoms with Crippen LogP contribution in [0.1, 0.15) is 29.8 Å². The molecule has 0 amide bonds. The Kier molecular flexibility index (Phi) is 5.60. The van der Waals surface area contributed by atoms with E-state index in [9.17, 15) is 0 Å². The second kappa shape index (κ2) is 7.68. The van der Waals surface area contributed by atoms with Gasteiger partial charge >= 0.3 is 0 Å². The smallest absolute Gasteiger partial charge is 0.174 e. The molecule has 0 fully saturated rings. The van der Waals surface area contributed by atoms with Gasteiger partial charge in [-0.15, -0.1) is 11.3 Å². The minimum Gasteiger partial charge on any atom is -0.478 e. The van der Waals surface area contributed by atoms with Crippen molar-refractivity contribution in [2.24, 2.45) is 0 Å². The molecular formula is C16H18N2OS. The van der Waals surface area contributed by atoms with Crippen LogP contribution < -0.4 is 10.1 Å². The summed E-state index contributed by atoms with van der Waals surface area (Å²) in [6.07, 6.45) is 1.04. The number of thiophene rings is 1. The van der Waals surface area contributed by atoms with E-state index >= 15 is 0 Å². The van der Waals surface area contributed by atoms with Crippen LogP contribution in [0.25, 0.3) is 0 Å². The number of hydrogen-bond acceptors (Lipinski definition) is 4. The third kappa shape index (κ3) is 3.83. The molecule has 0 bridgehead atoms. The maximum absolute atomic E-state index is 8.61. The largest absolute Gasteiger partial charge is 0.478 e. The Morgan fingerprint density at radius 1 is 1.30 bits per heavy atom. The summed E-state index contributed by atoms with van der Waals surface area (Å²) in [7, 11) is 0. The fraction of sp³-hybridized carbons (Fsp3) is 0.312. The summed E-state index contributed by atoms with van der Waals surface area (Å²) in [5, 5.41) is 14.3. The maximum Gasteiger partial charge on any atom is 0.174 e. The maximum atomic E-state index is 8.61. The van der Waals surface area contributed by atoms with Crippen molar-refractivity contribution >= 4 is 11.3 Å². The number of para-hydroxylation sites is 1. The lowest BCUT2D eigenvalue weighted by Crippen LogP contribution is -2.19. The quantitative estimate of drug-likeness (QED) is 0.839. The van der Waals surface area contributed by atoms with E-state index in [4.69, 9.17) is 10.00 Å². The van der Waals surface area contributed by atoms with Crippen LogP contribution in [-0.2, 0) is 6.54 Å². The van der Waals surface area contributed by atoms with Crippen LogP contribution in [-0.4, -0.2) is 6.61 Å². The molecule has 1 unspecified atom stereocenters. The first-order valence-corrected chi connectivity index (χ1v) is 7.57. The lowest BCUT2D eigenvalue weighted by Gasteiger charge is -2.17. The molecule has 0 saturated heterocycles. The van der Waals surface area contributed by atoms with E-state index < -0.39 is 0 Å².